The van der Waals surface area contributed by atoms with Gasteiger partial charge in [0.15, 0.2) is 0 Å². The van der Waals surface area contributed by atoms with E-state index in [0.717, 1.165) is 55.2 Å². The standard InChI is InChI=1S/C45H41NO7/c1-33-19-21-36(22-20-33)43(47)52-39-27-29-40(30-28-39)53-44(48)37-23-25-38(26-24-37)50-31-13-5-3-4-6-14-32-51-45(49)42(46-2)41(34-15-9-7-10-16-34)35-17-11-8-12-18-35/h7-12,15-30H,3-6,13-14,31-32H2,1H3. The van der Waals surface area contributed by atoms with Gasteiger partial charge in [-0.25, -0.2) is 14.4 Å². The van der Waals surface area contributed by atoms with Crippen LogP contribution in [0.3, 0.4) is 0 Å². The molecule has 53 heavy (non-hydrogen) atoms. The monoisotopic (exact) mass is 707 g/mol. The molecule has 0 spiro atoms. The SMILES string of the molecule is [C-]#[N+]C(C(=O)OCCCCCCCCOc1ccc(C(=O)Oc2ccc(OC(=O)c3ccc(C)cc3)cc2)cc1)=C(c1ccccc1)c1ccccc1. The minimum Gasteiger partial charge on any atom is -0.494 e. The lowest BCUT2D eigenvalue weighted by Gasteiger charge is -2.12. The summed E-state index contributed by atoms with van der Waals surface area (Å²) >= 11 is 0. The van der Waals surface area contributed by atoms with E-state index in [2.05, 4.69) is 4.85 Å². The van der Waals surface area contributed by atoms with Crippen molar-refractivity contribution in [1.82, 2.24) is 0 Å². The van der Waals surface area contributed by atoms with Crippen LogP contribution in [0.4, 0.5) is 0 Å². The zero-order chi connectivity index (χ0) is 37.3. The van der Waals surface area contributed by atoms with Crippen molar-refractivity contribution >= 4 is 23.5 Å². The van der Waals surface area contributed by atoms with Crippen molar-refractivity contribution in [2.45, 2.75) is 45.4 Å². The molecule has 0 fully saturated rings. The number of aryl methyl sites for hydroxylation is 1. The molecule has 5 aromatic carbocycles. The van der Waals surface area contributed by atoms with E-state index in [1.54, 1.807) is 60.7 Å². The van der Waals surface area contributed by atoms with Gasteiger partial charge < -0.3 is 18.9 Å². The van der Waals surface area contributed by atoms with Crippen molar-refractivity contribution in [2.24, 2.45) is 0 Å². The van der Waals surface area contributed by atoms with Crippen LogP contribution in [0.15, 0.2) is 139 Å². The molecule has 0 radical (unpaired) electrons. The molecule has 8 heteroatoms. The molecule has 0 N–H and O–H groups in total. The summed E-state index contributed by atoms with van der Waals surface area (Å²) in [7, 11) is 0. The van der Waals surface area contributed by atoms with Crippen LogP contribution < -0.4 is 14.2 Å². The summed E-state index contributed by atoms with van der Waals surface area (Å²) in [5.74, 6) is -0.239. The minimum absolute atomic E-state index is 0.0144. The maximum absolute atomic E-state index is 12.9. The van der Waals surface area contributed by atoms with E-state index < -0.39 is 17.9 Å². The van der Waals surface area contributed by atoms with E-state index in [-0.39, 0.29) is 12.3 Å². The average molecular weight is 708 g/mol. The Morgan fingerprint density at radius 2 is 0.943 bits per heavy atom. The van der Waals surface area contributed by atoms with Crippen molar-refractivity contribution in [1.29, 1.82) is 0 Å². The van der Waals surface area contributed by atoms with E-state index in [1.807, 2.05) is 79.7 Å². The summed E-state index contributed by atoms with van der Waals surface area (Å²) in [5, 5.41) is 0. The number of unbranched alkanes of at least 4 members (excludes halogenated alkanes) is 5. The largest absolute Gasteiger partial charge is 0.494 e. The quantitative estimate of drug-likeness (QED) is 0.0312. The zero-order valence-corrected chi connectivity index (χ0v) is 29.7. The number of hydrogen-bond acceptors (Lipinski definition) is 7. The molecule has 0 bridgehead atoms. The summed E-state index contributed by atoms with van der Waals surface area (Å²) in [6.07, 6.45) is 5.55. The number of carbonyl (C=O) groups is 3. The van der Waals surface area contributed by atoms with Crippen LogP contribution in [-0.2, 0) is 9.53 Å². The molecule has 0 aliphatic rings. The zero-order valence-electron chi connectivity index (χ0n) is 29.7. The molecule has 268 valence electrons. The first-order valence-electron chi connectivity index (χ1n) is 17.6. The fourth-order valence-corrected chi connectivity index (χ4v) is 5.47. The molecule has 0 aliphatic carbocycles. The van der Waals surface area contributed by atoms with Gasteiger partial charge >= 0.3 is 17.9 Å². The molecular weight excluding hydrogens is 666 g/mol. The van der Waals surface area contributed by atoms with Crippen LogP contribution in [0.25, 0.3) is 10.4 Å². The second kappa shape index (κ2) is 19.8. The second-order valence-corrected chi connectivity index (χ2v) is 12.3. The summed E-state index contributed by atoms with van der Waals surface area (Å²) in [6, 6.07) is 39.1. The number of benzene rings is 5. The highest BCUT2D eigenvalue weighted by atomic mass is 16.5. The van der Waals surface area contributed by atoms with Crippen LogP contribution in [0.1, 0.15) is 75.9 Å². The number of rotatable bonds is 17. The van der Waals surface area contributed by atoms with Crippen LogP contribution >= 0.6 is 0 Å². The Balaban J connectivity index is 0.954. The van der Waals surface area contributed by atoms with Gasteiger partial charge in [-0.3, -0.25) is 4.79 Å². The second-order valence-electron chi connectivity index (χ2n) is 12.3. The van der Waals surface area contributed by atoms with Gasteiger partial charge in [-0.2, -0.15) is 0 Å². The molecule has 0 amide bonds. The first kappa shape index (κ1) is 37.8. The third-order valence-corrected chi connectivity index (χ3v) is 8.33. The Morgan fingerprint density at radius 3 is 1.43 bits per heavy atom. The lowest BCUT2D eigenvalue weighted by molar-refractivity contribution is -0.138. The molecule has 0 saturated heterocycles. The Labute approximate surface area is 310 Å². The van der Waals surface area contributed by atoms with Crippen molar-refractivity contribution < 1.29 is 33.3 Å². The lowest BCUT2D eigenvalue weighted by atomic mass is 9.96. The summed E-state index contributed by atoms with van der Waals surface area (Å²) in [5.41, 5.74) is 4.03. The fourth-order valence-electron chi connectivity index (χ4n) is 5.47. The molecule has 0 heterocycles. The first-order valence-corrected chi connectivity index (χ1v) is 17.6. The summed E-state index contributed by atoms with van der Waals surface area (Å²) in [4.78, 5) is 41.5. The van der Waals surface area contributed by atoms with E-state index in [9.17, 15) is 14.4 Å². The highest BCUT2D eigenvalue weighted by Crippen LogP contribution is 2.28. The predicted octanol–water partition coefficient (Wildman–Crippen LogP) is 10.1. The summed E-state index contributed by atoms with van der Waals surface area (Å²) < 4.78 is 22.2. The smallest absolute Gasteiger partial charge is 0.343 e. The number of ether oxygens (including phenoxy) is 4. The highest BCUT2D eigenvalue weighted by Gasteiger charge is 2.20. The molecule has 0 atom stereocenters. The van der Waals surface area contributed by atoms with Gasteiger partial charge in [-0.1, -0.05) is 104 Å². The number of carbonyl (C=O) groups excluding carboxylic acids is 3. The normalized spacial score (nSPS) is 10.4. The molecular formula is C45H41NO7. The molecule has 5 rings (SSSR count). The van der Waals surface area contributed by atoms with Gasteiger partial charge in [0.2, 0.25) is 0 Å². The number of esters is 3. The van der Waals surface area contributed by atoms with Crippen LogP contribution in [-0.4, -0.2) is 31.1 Å². The maximum Gasteiger partial charge on any atom is 0.343 e. The van der Waals surface area contributed by atoms with Gasteiger partial charge in [-0.15, -0.1) is 0 Å². The van der Waals surface area contributed by atoms with Crippen molar-refractivity contribution in [2.75, 3.05) is 13.2 Å². The molecule has 0 saturated carbocycles. The molecule has 8 nitrogen and oxygen atoms in total. The highest BCUT2D eigenvalue weighted by molar-refractivity contribution is 6.03. The predicted molar refractivity (Wildman–Crippen MR) is 204 cm³/mol. The van der Waals surface area contributed by atoms with E-state index in [0.29, 0.717) is 40.6 Å². The molecule has 0 aromatic heterocycles. The van der Waals surface area contributed by atoms with Crippen LogP contribution in [0.2, 0.25) is 0 Å². The van der Waals surface area contributed by atoms with Crippen molar-refractivity contribution in [3.05, 3.63) is 178 Å². The Morgan fingerprint density at radius 1 is 0.509 bits per heavy atom. The van der Waals surface area contributed by atoms with E-state index >= 15 is 0 Å². The van der Waals surface area contributed by atoms with Crippen molar-refractivity contribution in [3.8, 4) is 17.2 Å². The fraction of sp³-hybridized carbons (Fsp3) is 0.200. The Hall–Kier alpha value is -6.46. The average Bonchev–Trinajstić information content (AvgIpc) is 3.19. The lowest BCUT2D eigenvalue weighted by Crippen LogP contribution is -2.10. The summed E-state index contributed by atoms with van der Waals surface area (Å²) in [6.45, 7) is 10.5. The van der Waals surface area contributed by atoms with Crippen LogP contribution in [0.5, 0.6) is 17.2 Å². The third kappa shape index (κ3) is 11.5. The minimum atomic E-state index is -0.602. The Bertz CT molecular complexity index is 1970. The van der Waals surface area contributed by atoms with Gasteiger partial charge in [0.1, 0.15) is 17.2 Å². The number of hydrogen-bond donors (Lipinski definition) is 0. The van der Waals surface area contributed by atoms with Gasteiger partial charge in [0, 0.05) is 5.57 Å². The van der Waals surface area contributed by atoms with Crippen LogP contribution in [0, 0.1) is 13.5 Å². The van der Waals surface area contributed by atoms with E-state index in [4.69, 9.17) is 25.5 Å². The van der Waals surface area contributed by atoms with E-state index in [1.165, 1.54) is 0 Å². The van der Waals surface area contributed by atoms with Crippen molar-refractivity contribution in [3.63, 3.8) is 0 Å². The topological polar surface area (TPSA) is 92.5 Å². The third-order valence-electron chi connectivity index (χ3n) is 8.33. The first-order chi connectivity index (χ1) is 25.9. The molecule has 5 aromatic rings. The maximum atomic E-state index is 12.9. The Kier molecular flexibility index (Phi) is 14.1. The van der Waals surface area contributed by atoms with Gasteiger partial charge in [0.25, 0.3) is 5.70 Å². The number of nitrogens with zero attached hydrogens (tertiary/aromatic N) is 1. The molecule has 0 aliphatic heterocycles. The van der Waals surface area contributed by atoms with Gasteiger partial charge in [-0.05, 0) is 91.6 Å². The molecule has 0 unspecified atom stereocenters. The van der Waals surface area contributed by atoms with Gasteiger partial charge in [0.05, 0.1) is 30.9 Å².